The molecule has 0 unspecified atom stereocenters. The lowest BCUT2D eigenvalue weighted by Crippen LogP contribution is -2.26. The highest BCUT2D eigenvalue weighted by molar-refractivity contribution is 5.97. The van der Waals surface area contributed by atoms with Gasteiger partial charge in [0.1, 0.15) is 0 Å². The molecule has 0 aromatic heterocycles. The summed E-state index contributed by atoms with van der Waals surface area (Å²) in [5.41, 5.74) is 13.6. The third-order valence-electron chi connectivity index (χ3n) is 4.16. The van der Waals surface area contributed by atoms with E-state index in [0.29, 0.717) is 6.54 Å². The molecule has 0 heterocycles. The van der Waals surface area contributed by atoms with Crippen LogP contribution in [-0.2, 0) is 13.1 Å². The van der Waals surface area contributed by atoms with Crippen LogP contribution < -0.4 is 16.4 Å². The standard InChI is InChI=1S/C21H27N5/c1-14-9-20(21(14)22)25-13-19-8-6-7-18(10-19)12-24-16(3)17(4)26-15(2)11-23-5/h6-8,10-11,24-25H,1,3,5,9,12-13,22H2,2,4H3/b15-11+,26-17?. The normalized spacial score (nSPS) is 14.8. The minimum atomic E-state index is 0.684. The van der Waals surface area contributed by atoms with Crippen LogP contribution in [-0.4, -0.2) is 12.4 Å². The van der Waals surface area contributed by atoms with Gasteiger partial charge in [0.2, 0.25) is 0 Å². The summed E-state index contributed by atoms with van der Waals surface area (Å²) in [4.78, 5) is 8.13. The molecule has 136 valence electrons. The summed E-state index contributed by atoms with van der Waals surface area (Å²) in [6.07, 6.45) is 2.47. The molecule has 1 aromatic carbocycles. The second-order valence-corrected chi connectivity index (χ2v) is 6.33. The molecular formula is C21H27N5. The van der Waals surface area contributed by atoms with Crippen molar-refractivity contribution < 1.29 is 0 Å². The number of rotatable bonds is 9. The maximum absolute atomic E-state index is 5.90. The molecule has 4 N–H and O–H groups in total. The van der Waals surface area contributed by atoms with E-state index >= 15 is 0 Å². The topological polar surface area (TPSA) is 74.8 Å². The molecule has 0 bridgehead atoms. The van der Waals surface area contributed by atoms with E-state index in [9.17, 15) is 0 Å². The van der Waals surface area contributed by atoms with Crippen LogP contribution in [0.25, 0.3) is 0 Å². The Morgan fingerprint density at radius 1 is 1.27 bits per heavy atom. The molecule has 0 spiro atoms. The lowest BCUT2D eigenvalue weighted by atomic mass is 9.95. The van der Waals surface area contributed by atoms with Gasteiger partial charge in [0.05, 0.1) is 17.1 Å². The molecule has 0 atom stereocenters. The summed E-state index contributed by atoms with van der Waals surface area (Å²) in [5.74, 6) is 0. The largest absolute Gasteiger partial charge is 0.397 e. The predicted octanol–water partition coefficient (Wildman–Crippen LogP) is 3.53. The molecule has 0 saturated heterocycles. The maximum Gasteiger partial charge on any atom is 0.0601 e. The molecule has 0 amide bonds. The van der Waals surface area contributed by atoms with Gasteiger partial charge in [-0.05, 0) is 37.3 Å². The first-order chi connectivity index (χ1) is 12.4. The van der Waals surface area contributed by atoms with E-state index in [4.69, 9.17) is 5.73 Å². The Labute approximate surface area is 155 Å². The lowest BCUT2D eigenvalue weighted by molar-refractivity contribution is 0.728. The third kappa shape index (κ3) is 5.21. The molecular weight excluding hydrogens is 322 g/mol. The smallest absolute Gasteiger partial charge is 0.0601 e. The quantitative estimate of drug-likeness (QED) is 0.597. The molecule has 5 nitrogen and oxygen atoms in total. The number of hydrogen-bond acceptors (Lipinski definition) is 5. The Morgan fingerprint density at radius 3 is 2.58 bits per heavy atom. The molecule has 0 radical (unpaired) electrons. The van der Waals surface area contributed by atoms with Crippen molar-refractivity contribution in [2.75, 3.05) is 0 Å². The molecule has 1 aliphatic carbocycles. The van der Waals surface area contributed by atoms with Crippen LogP contribution in [0.1, 0.15) is 31.4 Å². The Kier molecular flexibility index (Phi) is 6.55. The number of nitrogens with one attached hydrogen (secondary N) is 2. The average molecular weight is 349 g/mol. The Morgan fingerprint density at radius 2 is 1.96 bits per heavy atom. The Bertz CT molecular complexity index is 811. The number of aliphatic imine (C=N–C) groups is 2. The van der Waals surface area contributed by atoms with E-state index in [0.717, 1.165) is 47.0 Å². The van der Waals surface area contributed by atoms with Gasteiger partial charge in [-0.15, -0.1) is 0 Å². The van der Waals surface area contributed by atoms with Crippen molar-refractivity contribution in [3.05, 3.63) is 83.1 Å². The van der Waals surface area contributed by atoms with Crippen LogP contribution in [0.2, 0.25) is 0 Å². The zero-order chi connectivity index (χ0) is 19.1. The van der Waals surface area contributed by atoms with E-state index < -0.39 is 0 Å². The fourth-order valence-corrected chi connectivity index (χ4v) is 2.56. The highest BCUT2D eigenvalue weighted by Gasteiger charge is 2.17. The van der Waals surface area contributed by atoms with Gasteiger partial charge in [0, 0.05) is 37.1 Å². The van der Waals surface area contributed by atoms with E-state index in [1.807, 2.05) is 13.8 Å². The van der Waals surface area contributed by atoms with Gasteiger partial charge < -0.3 is 16.4 Å². The molecule has 1 aliphatic rings. The monoisotopic (exact) mass is 349 g/mol. The molecule has 0 saturated carbocycles. The first-order valence-corrected chi connectivity index (χ1v) is 8.50. The second-order valence-electron chi connectivity index (χ2n) is 6.33. The van der Waals surface area contributed by atoms with Crippen LogP contribution in [0, 0.1) is 0 Å². The van der Waals surface area contributed by atoms with Crippen molar-refractivity contribution in [3.63, 3.8) is 0 Å². The van der Waals surface area contributed by atoms with E-state index in [-0.39, 0.29) is 0 Å². The summed E-state index contributed by atoms with van der Waals surface area (Å²) in [6.45, 7) is 16.6. The van der Waals surface area contributed by atoms with Gasteiger partial charge in [-0.3, -0.25) is 9.98 Å². The number of allylic oxidation sites excluding steroid dienone is 4. The summed E-state index contributed by atoms with van der Waals surface area (Å²) in [6, 6.07) is 8.40. The van der Waals surface area contributed by atoms with Crippen molar-refractivity contribution in [1.82, 2.24) is 10.6 Å². The second kappa shape index (κ2) is 8.85. The van der Waals surface area contributed by atoms with Crippen molar-refractivity contribution in [3.8, 4) is 0 Å². The van der Waals surface area contributed by atoms with Crippen molar-refractivity contribution in [1.29, 1.82) is 0 Å². The summed E-state index contributed by atoms with van der Waals surface area (Å²) < 4.78 is 0. The molecule has 5 heteroatoms. The van der Waals surface area contributed by atoms with E-state index in [2.05, 4.69) is 64.8 Å². The maximum atomic E-state index is 5.90. The van der Waals surface area contributed by atoms with Gasteiger partial charge >= 0.3 is 0 Å². The van der Waals surface area contributed by atoms with Gasteiger partial charge in [0.15, 0.2) is 0 Å². The predicted molar refractivity (Wildman–Crippen MR) is 111 cm³/mol. The van der Waals surface area contributed by atoms with Gasteiger partial charge in [-0.2, -0.15) is 0 Å². The number of nitrogens with two attached hydrogens (primary N) is 1. The minimum Gasteiger partial charge on any atom is -0.397 e. The lowest BCUT2D eigenvalue weighted by Gasteiger charge is -2.24. The molecule has 2 rings (SSSR count). The Hall–Kier alpha value is -3.08. The van der Waals surface area contributed by atoms with Crippen LogP contribution in [0.3, 0.4) is 0 Å². The SMILES string of the molecule is C=N/C=C(\C)N=C(C)C(=C)NCc1cccc(CNC2=C(N)C(=C)C2)c1. The molecule has 1 aromatic rings. The van der Waals surface area contributed by atoms with E-state index in [1.165, 1.54) is 11.1 Å². The first-order valence-electron chi connectivity index (χ1n) is 8.50. The zero-order valence-corrected chi connectivity index (χ0v) is 15.6. The number of benzene rings is 1. The van der Waals surface area contributed by atoms with Crippen LogP contribution in [0.5, 0.6) is 0 Å². The summed E-state index contributed by atoms with van der Waals surface area (Å²) >= 11 is 0. The van der Waals surface area contributed by atoms with Crippen LogP contribution in [0.4, 0.5) is 0 Å². The zero-order valence-electron chi connectivity index (χ0n) is 15.6. The summed E-state index contributed by atoms with van der Waals surface area (Å²) in [5, 5.41) is 6.69. The highest BCUT2D eigenvalue weighted by atomic mass is 14.9. The molecule has 0 aliphatic heterocycles. The fraction of sp³-hybridized carbons (Fsp3) is 0.238. The third-order valence-corrected chi connectivity index (χ3v) is 4.16. The van der Waals surface area contributed by atoms with E-state index in [1.54, 1.807) is 6.20 Å². The number of nitrogens with zero attached hydrogens (tertiary/aromatic N) is 2. The van der Waals surface area contributed by atoms with Crippen molar-refractivity contribution >= 4 is 12.4 Å². The number of hydrogen-bond donors (Lipinski definition) is 3. The molecule has 0 fully saturated rings. The highest BCUT2D eigenvalue weighted by Crippen LogP contribution is 2.26. The van der Waals surface area contributed by atoms with Gasteiger partial charge in [-0.1, -0.05) is 37.4 Å². The average Bonchev–Trinajstić information content (AvgIpc) is 2.63. The first kappa shape index (κ1) is 19.2. The van der Waals surface area contributed by atoms with Crippen LogP contribution in [0.15, 0.2) is 82.0 Å². The minimum absolute atomic E-state index is 0.684. The molecule has 26 heavy (non-hydrogen) atoms. The fourth-order valence-electron chi connectivity index (χ4n) is 2.56. The summed E-state index contributed by atoms with van der Waals surface area (Å²) in [7, 11) is 0. The van der Waals surface area contributed by atoms with Crippen LogP contribution >= 0.6 is 0 Å². The van der Waals surface area contributed by atoms with Gasteiger partial charge in [-0.25, -0.2) is 0 Å². The Balaban J connectivity index is 1.90. The van der Waals surface area contributed by atoms with Gasteiger partial charge in [0.25, 0.3) is 0 Å². The van der Waals surface area contributed by atoms with Crippen molar-refractivity contribution in [2.45, 2.75) is 33.4 Å². The van der Waals surface area contributed by atoms with Crippen molar-refractivity contribution in [2.24, 2.45) is 15.7 Å².